The van der Waals surface area contributed by atoms with Crippen LogP contribution >= 0.6 is 0 Å². The van der Waals surface area contributed by atoms with Gasteiger partial charge in [-0.15, -0.1) is 0 Å². The van der Waals surface area contributed by atoms with Crippen LogP contribution < -0.4 is 5.32 Å². The van der Waals surface area contributed by atoms with Gasteiger partial charge in [-0.3, -0.25) is 4.21 Å². The van der Waals surface area contributed by atoms with E-state index in [-0.39, 0.29) is 0 Å². The fourth-order valence-electron chi connectivity index (χ4n) is 2.37. The first-order chi connectivity index (χ1) is 8.83. The van der Waals surface area contributed by atoms with E-state index in [1.54, 1.807) is 0 Å². The summed E-state index contributed by atoms with van der Waals surface area (Å²) in [6.07, 6.45) is 3.58. The van der Waals surface area contributed by atoms with Gasteiger partial charge >= 0.3 is 0 Å². The zero-order valence-corrected chi connectivity index (χ0v) is 11.0. The van der Waals surface area contributed by atoms with Crippen LogP contribution in [0.2, 0.25) is 0 Å². The standard InChI is InChI=1S/C13H17N3OS/c17-18(9-10-5-3-4-8-14-10)13-15-11-6-1-2-7-12(11)16-13/h1-2,6-7,10,14H,3-5,8-9H2,(H,15,16)/t10-,18-/m0/s1. The maximum Gasteiger partial charge on any atom is 0.197 e. The van der Waals surface area contributed by atoms with Crippen molar-refractivity contribution in [2.75, 3.05) is 12.3 Å². The van der Waals surface area contributed by atoms with Gasteiger partial charge in [-0.05, 0) is 31.5 Å². The lowest BCUT2D eigenvalue weighted by molar-refractivity contribution is 0.427. The van der Waals surface area contributed by atoms with E-state index in [9.17, 15) is 4.21 Å². The van der Waals surface area contributed by atoms with Crippen LogP contribution in [0.5, 0.6) is 0 Å². The Hall–Kier alpha value is -1.20. The second-order valence-corrected chi connectivity index (χ2v) is 6.13. The van der Waals surface area contributed by atoms with Gasteiger partial charge in [-0.1, -0.05) is 18.6 Å². The predicted octanol–water partition coefficient (Wildman–Crippen LogP) is 1.81. The van der Waals surface area contributed by atoms with Crippen LogP contribution in [0.4, 0.5) is 0 Å². The number of fused-ring (bicyclic) bond motifs is 1. The van der Waals surface area contributed by atoms with Crippen molar-refractivity contribution in [1.82, 2.24) is 15.3 Å². The van der Waals surface area contributed by atoms with Gasteiger partial charge in [-0.25, -0.2) is 4.98 Å². The Kier molecular flexibility index (Phi) is 3.43. The Morgan fingerprint density at radius 3 is 3.00 bits per heavy atom. The SMILES string of the molecule is O=[S@@](C[C@@H]1CCCCN1)c1nc2ccccc2[nH]1. The van der Waals surface area contributed by atoms with Gasteiger partial charge in [0.25, 0.3) is 0 Å². The quantitative estimate of drug-likeness (QED) is 0.888. The lowest BCUT2D eigenvalue weighted by Crippen LogP contribution is -2.38. The summed E-state index contributed by atoms with van der Waals surface area (Å²) in [5.41, 5.74) is 1.84. The second-order valence-electron chi connectivity index (χ2n) is 4.72. The van der Waals surface area contributed by atoms with E-state index in [0.29, 0.717) is 17.0 Å². The average molecular weight is 263 g/mol. The highest BCUT2D eigenvalue weighted by Gasteiger charge is 2.18. The van der Waals surface area contributed by atoms with Crippen molar-refractivity contribution in [3.63, 3.8) is 0 Å². The molecule has 96 valence electrons. The molecule has 1 fully saturated rings. The molecule has 5 heteroatoms. The number of piperidine rings is 1. The fourth-order valence-corrected chi connectivity index (χ4v) is 3.60. The molecule has 1 saturated heterocycles. The van der Waals surface area contributed by atoms with E-state index in [0.717, 1.165) is 24.0 Å². The van der Waals surface area contributed by atoms with E-state index in [1.807, 2.05) is 24.3 Å². The van der Waals surface area contributed by atoms with Crippen molar-refractivity contribution in [3.05, 3.63) is 24.3 Å². The molecule has 0 amide bonds. The molecule has 0 unspecified atom stereocenters. The number of para-hydroxylation sites is 2. The molecule has 0 saturated carbocycles. The molecule has 1 aromatic heterocycles. The van der Waals surface area contributed by atoms with Crippen LogP contribution in [0.15, 0.2) is 29.4 Å². The monoisotopic (exact) mass is 263 g/mol. The minimum absolute atomic E-state index is 0.368. The highest BCUT2D eigenvalue weighted by atomic mass is 32.2. The molecule has 2 N–H and O–H groups in total. The molecule has 3 rings (SSSR count). The molecule has 0 bridgehead atoms. The number of nitrogens with zero attached hydrogens (tertiary/aromatic N) is 1. The first-order valence-corrected chi connectivity index (χ1v) is 7.71. The molecule has 2 atom stereocenters. The first-order valence-electron chi connectivity index (χ1n) is 6.39. The van der Waals surface area contributed by atoms with Crippen molar-refractivity contribution in [2.24, 2.45) is 0 Å². The lowest BCUT2D eigenvalue weighted by Gasteiger charge is -2.22. The van der Waals surface area contributed by atoms with E-state index in [2.05, 4.69) is 15.3 Å². The highest BCUT2D eigenvalue weighted by molar-refractivity contribution is 7.84. The van der Waals surface area contributed by atoms with E-state index < -0.39 is 10.8 Å². The molecule has 1 aliphatic rings. The van der Waals surface area contributed by atoms with Crippen molar-refractivity contribution >= 4 is 21.8 Å². The molecule has 2 aromatic rings. The summed E-state index contributed by atoms with van der Waals surface area (Å²) >= 11 is 0. The number of hydrogen-bond donors (Lipinski definition) is 2. The fraction of sp³-hybridized carbons (Fsp3) is 0.462. The van der Waals surface area contributed by atoms with Crippen LogP contribution in [0.1, 0.15) is 19.3 Å². The molecular weight excluding hydrogens is 246 g/mol. The van der Waals surface area contributed by atoms with Gasteiger partial charge in [0.2, 0.25) is 0 Å². The van der Waals surface area contributed by atoms with Gasteiger partial charge in [0, 0.05) is 11.8 Å². The van der Waals surface area contributed by atoms with Gasteiger partial charge in [0.1, 0.15) is 0 Å². The number of nitrogens with one attached hydrogen (secondary N) is 2. The van der Waals surface area contributed by atoms with Gasteiger partial charge in [0.05, 0.1) is 21.8 Å². The summed E-state index contributed by atoms with van der Waals surface area (Å²) in [4.78, 5) is 7.54. The minimum atomic E-state index is -1.04. The summed E-state index contributed by atoms with van der Waals surface area (Å²) in [6, 6.07) is 8.16. The summed E-state index contributed by atoms with van der Waals surface area (Å²) in [7, 11) is -1.04. The van der Waals surface area contributed by atoms with Crippen molar-refractivity contribution in [2.45, 2.75) is 30.5 Å². The van der Waals surface area contributed by atoms with Crippen LogP contribution in [0.3, 0.4) is 0 Å². The van der Waals surface area contributed by atoms with E-state index in [4.69, 9.17) is 0 Å². The number of H-pyrrole nitrogens is 1. The van der Waals surface area contributed by atoms with Gasteiger partial charge < -0.3 is 10.3 Å². The molecule has 0 aliphatic carbocycles. The molecule has 2 heterocycles. The number of aromatic nitrogens is 2. The number of benzene rings is 1. The Morgan fingerprint density at radius 1 is 1.33 bits per heavy atom. The van der Waals surface area contributed by atoms with Crippen LogP contribution in [0, 0.1) is 0 Å². The Balaban J connectivity index is 1.74. The van der Waals surface area contributed by atoms with Crippen LogP contribution in [0.25, 0.3) is 11.0 Å². The second kappa shape index (κ2) is 5.20. The third kappa shape index (κ3) is 2.47. The zero-order chi connectivity index (χ0) is 12.4. The normalized spacial score (nSPS) is 22.1. The van der Waals surface area contributed by atoms with Gasteiger partial charge in [-0.2, -0.15) is 0 Å². The smallest absolute Gasteiger partial charge is 0.197 e. The van der Waals surface area contributed by atoms with Gasteiger partial charge in [0.15, 0.2) is 5.16 Å². The summed E-state index contributed by atoms with van der Waals surface area (Å²) in [5, 5.41) is 4.02. The van der Waals surface area contributed by atoms with Crippen molar-refractivity contribution in [3.8, 4) is 0 Å². The number of imidazole rings is 1. The third-order valence-electron chi connectivity index (χ3n) is 3.35. The topological polar surface area (TPSA) is 57.8 Å². The molecule has 1 aliphatic heterocycles. The number of rotatable bonds is 3. The minimum Gasteiger partial charge on any atom is -0.331 e. The molecular formula is C13H17N3OS. The highest BCUT2D eigenvalue weighted by Crippen LogP contribution is 2.15. The molecule has 1 aromatic carbocycles. The maximum atomic E-state index is 12.3. The lowest BCUT2D eigenvalue weighted by atomic mass is 10.1. The molecule has 4 nitrogen and oxygen atoms in total. The Morgan fingerprint density at radius 2 is 2.22 bits per heavy atom. The molecule has 0 spiro atoms. The summed E-state index contributed by atoms with van der Waals surface area (Å²) in [5.74, 6) is 0.653. The van der Waals surface area contributed by atoms with Crippen LogP contribution in [-0.2, 0) is 10.8 Å². The number of hydrogen-bond acceptors (Lipinski definition) is 3. The number of aromatic amines is 1. The molecule has 0 radical (unpaired) electrons. The van der Waals surface area contributed by atoms with Crippen molar-refractivity contribution in [1.29, 1.82) is 0 Å². The third-order valence-corrected chi connectivity index (χ3v) is 4.68. The predicted molar refractivity (Wildman–Crippen MR) is 73.0 cm³/mol. The van der Waals surface area contributed by atoms with Crippen molar-refractivity contribution < 1.29 is 4.21 Å². The summed E-state index contributed by atoms with van der Waals surface area (Å²) in [6.45, 7) is 1.04. The van der Waals surface area contributed by atoms with E-state index >= 15 is 0 Å². The Labute approximate surface area is 109 Å². The summed E-state index contributed by atoms with van der Waals surface area (Å²) < 4.78 is 12.3. The maximum absolute atomic E-state index is 12.3. The Bertz CT molecular complexity index is 527. The zero-order valence-electron chi connectivity index (χ0n) is 10.2. The van der Waals surface area contributed by atoms with Crippen LogP contribution in [-0.4, -0.2) is 32.5 Å². The largest absolute Gasteiger partial charge is 0.331 e. The van der Waals surface area contributed by atoms with E-state index in [1.165, 1.54) is 12.8 Å². The average Bonchev–Trinajstić information content (AvgIpc) is 2.84. The first kappa shape index (κ1) is 11.9. The molecule has 18 heavy (non-hydrogen) atoms.